The maximum atomic E-state index is 11.6. The van der Waals surface area contributed by atoms with Gasteiger partial charge in [-0.2, -0.15) is 0 Å². The number of methoxy groups -OCH3 is 1. The Morgan fingerprint density at radius 1 is 1.21 bits per heavy atom. The third-order valence-electron chi connectivity index (χ3n) is 3.87. The van der Waals surface area contributed by atoms with E-state index in [4.69, 9.17) is 22.1 Å². The zero-order valence-electron chi connectivity index (χ0n) is 15.5. The van der Waals surface area contributed by atoms with Crippen LogP contribution in [-0.2, 0) is 4.79 Å². The molecule has 10 heteroatoms. The molecular formula is C19H18ClN5O3S. The average Bonchev–Trinajstić information content (AvgIpc) is 3.12. The van der Waals surface area contributed by atoms with E-state index in [1.807, 2.05) is 46.3 Å². The smallest absolute Gasteiger partial charge is 0.318 e. The molecule has 8 nitrogen and oxygen atoms in total. The number of nitrogens with two attached hydrogens (primary N) is 1. The Kier molecular flexibility index (Phi) is 6.73. The molecule has 29 heavy (non-hydrogen) atoms. The monoisotopic (exact) mass is 431 g/mol. The highest BCUT2D eigenvalue weighted by molar-refractivity contribution is 7.99. The van der Waals surface area contributed by atoms with E-state index < -0.39 is 11.9 Å². The third-order valence-corrected chi connectivity index (χ3v) is 5.05. The first-order valence-corrected chi connectivity index (χ1v) is 9.92. The lowest BCUT2D eigenvalue weighted by atomic mass is 10.2. The second kappa shape index (κ2) is 9.44. The van der Waals surface area contributed by atoms with Crippen molar-refractivity contribution in [2.24, 2.45) is 5.73 Å². The van der Waals surface area contributed by atoms with Crippen LogP contribution in [0.15, 0.2) is 53.7 Å². The van der Waals surface area contributed by atoms with Crippen LogP contribution < -0.4 is 15.8 Å². The van der Waals surface area contributed by atoms with Crippen molar-refractivity contribution in [3.63, 3.8) is 0 Å². The van der Waals surface area contributed by atoms with E-state index in [0.29, 0.717) is 27.5 Å². The minimum absolute atomic E-state index is 0.107. The number of rotatable bonds is 7. The normalized spacial score (nSPS) is 10.6. The van der Waals surface area contributed by atoms with Crippen molar-refractivity contribution >= 4 is 35.3 Å². The van der Waals surface area contributed by atoms with Crippen LogP contribution in [0.3, 0.4) is 0 Å². The van der Waals surface area contributed by atoms with E-state index in [9.17, 15) is 9.59 Å². The molecule has 0 aliphatic rings. The molecule has 2 aromatic carbocycles. The molecule has 1 aromatic heterocycles. The van der Waals surface area contributed by atoms with Gasteiger partial charge in [-0.15, -0.1) is 10.2 Å². The molecule has 0 unspecified atom stereocenters. The van der Waals surface area contributed by atoms with Gasteiger partial charge in [0.2, 0.25) is 5.91 Å². The van der Waals surface area contributed by atoms with Gasteiger partial charge in [-0.25, -0.2) is 4.79 Å². The van der Waals surface area contributed by atoms with Crippen molar-refractivity contribution < 1.29 is 14.3 Å². The van der Waals surface area contributed by atoms with E-state index in [-0.39, 0.29) is 6.42 Å². The highest BCUT2D eigenvalue weighted by Gasteiger charge is 2.17. The summed E-state index contributed by atoms with van der Waals surface area (Å²) in [6.07, 6.45) is 0.107. The van der Waals surface area contributed by atoms with Gasteiger partial charge in [0.25, 0.3) is 0 Å². The van der Waals surface area contributed by atoms with Gasteiger partial charge in [0.05, 0.1) is 7.11 Å². The van der Waals surface area contributed by atoms with Crippen LogP contribution in [-0.4, -0.2) is 39.6 Å². The van der Waals surface area contributed by atoms with E-state index in [0.717, 1.165) is 11.3 Å². The van der Waals surface area contributed by atoms with E-state index in [1.165, 1.54) is 11.8 Å². The number of primary amides is 1. The maximum Gasteiger partial charge on any atom is 0.318 e. The summed E-state index contributed by atoms with van der Waals surface area (Å²) < 4.78 is 7.18. The second-order valence-corrected chi connectivity index (χ2v) is 7.36. The molecule has 3 N–H and O–H groups in total. The lowest BCUT2D eigenvalue weighted by Crippen LogP contribution is -2.35. The second-order valence-electron chi connectivity index (χ2n) is 5.86. The van der Waals surface area contributed by atoms with Crippen molar-refractivity contribution in [3.8, 4) is 22.8 Å². The number of benzene rings is 2. The number of imide groups is 1. The van der Waals surface area contributed by atoms with Gasteiger partial charge >= 0.3 is 6.03 Å². The van der Waals surface area contributed by atoms with Crippen LogP contribution in [0.25, 0.3) is 17.1 Å². The number of carbonyl (C=O) groups is 2. The molecular weight excluding hydrogens is 414 g/mol. The van der Waals surface area contributed by atoms with Crippen LogP contribution in [0.2, 0.25) is 5.02 Å². The molecule has 150 valence electrons. The quantitative estimate of drug-likeness (QED) is 0.555. The number of carbonyl (C=O) groups excluding carboxylic acids is 2. The van der Waals surface area contributed by atoms with Gasteiger partial charge in [-0.1, -0.05) is 35.5 Å². The summed E-state index contributed by atoms with van der Waals surface area (Å²) in [6, 6.07) is 13.9. The summed E-state index contributed by atoms with van der Waals surface area (Å²) in [5, 5.41) is 11.9. The van der Waals surface area contributed by atoms with Crippen LogP contribution in [0.5, 0.6) is 5.75 Å². The molecule has 3 aromatic rings. The first-order valence-electron chi connectivity index (χ1n) is 8.56. The largest absolute Gasteiger partial charge is 0.497 e. The number of aromatic nitrogens is 3. The standard InChI is InChI=1S/C19H18ClN5O3S/c1-28-15-4-2-3-12(11-15)17-23-24-19(29-10-9-16(26)22-18(21)27)25(17)14-7-5-13(20)6-8-14/h2-8,11H,9-10H2,1H3,(H3,21,22,26,27). The SMILES string of the molecule is COc1cccc(-c2nnc(SCCC(=O)NC(N)=O)n2-c2ccc(Cl)cc2)c1. The van der Waals surface area contributed by atoms with Gasteiger partial charge in [0, 0.05) is 28.4 Å². The molecule has 3 rings (SSSR count). The molecule has 0 atom stereocenters. The van der Waals surface area contributed by atoms with Gasteiger partial charge in [0.1, 0.15) is 5.75 Å². The summed E-state index contributed by atoms with van der Waals surface area (Å²) in [7, 11) is 1.60. The zero-order valence-corrected chi connectivity index (χ0v) is 17.0. The molecule has 0 aliphatic carbocycles. The van der Waals surface area contributed by atoms with E-state index in [2.05, 4.69) is 10.2 Å². The minimum atomic E-state index is -0.871. The summed E-state index contributed by atoms with van der Waals surface area (Å²) in [6.45, 7) is 0. The Morgan fingerprint density at radius 2 is 1.97 bits per heavy atom. The first-order chi connectivity index (χ1) is 14.0. The fourth-order valence-electron chi connectivity index (χ4n) is 2.57. The zero-order chi connectivity index (χ0) is 20.8. The maximum absolute atomic E-state index is 11.6. The molecule has 0 aliphatic heterocycles. The van der Waals surface area contributed by atoms with Crippen molar-refractivity contribution in [3.05, 3.63) is 53.6 Å². The van der Waals surface area contributed by atoms with E-state index in [1.54, 1.807) is 19.2 Å². The Bertz CT molecular complexity index is 1020. The fourth-order valence-corrected chi connectivity index (χ4v) is 3.59. The number of thioether (sulfide) groups is 1. The number of hydrogen-bond donors (Lipinski definition) is 2. The van der Waals surface area contributed by atoms with Gasteiger partial charge < -0.3 is 10.5 Å². The number of halogens is 1. The van der Waals surface area contributed by atoms with Crippen molar-refractivity contribution in [1.82, 2.24) is 20.1 Å². The summed E-state index contributed by atoms with van der Waals surface area (Å²) in [5.41, 5.74) is 6.60. The highest BCUT2D eigenvalue weighted by Crippen LogP contribution is 2.30. The number of hydrogen-bond acceptors (Lipinski definition) is 6. The van der Waals surface area contributed by atoms with Crippen LogP contribution in [0, 0.1) is 0 Å². The van der Waals surface area contributed by atoms with Crippen molar-refractivity contribution in [2.45, 2.75) is 11.6 Å². The van der Waals surface area contributed by atoms with Crippen LogP contribution in [0.1, 0.15) is 6.42 Å². The fraction of sp³-hybridized carbons (Fsp3) is 0.158. The molecule has 0 bridgehead atoms. The summed E-state index contributed by atoms with van der Waals surface area (Å²) in [5.74, 6) is 1.26. The Balaban J connectivity index is 1.92. The lowest BCUT2D eigenvalue weighted by Gasteiger charge is -2.11. The number of nitrogens with one attached hydrogen (secondary N) is 1. The number of amides is 3. The molecule has 0 saturated carbocycles. The number of nitrogens with zero attached hydrogens (tertiary/aromatic N) is 3. The van der Waals surface area contributed by atoms with E-state index >= 15 is 0 Å². The first kappa shape index (κ1) is 20.7. The number of urea groups is 1. The van der Waals surface area contributed by atoms with Gasteiger partial charge in [0.15, 0.2) is 11.0 Å². The van der Waals surface area contributed by atoms with Gasteiger partial charge in [-0.05, 0) is 36.4 Å². The molecule has 0 saturated heterocycles. The summed E-state index contributed by atoms with van der Waals surface area (Å²) >= 11 is 7.36. The molecule has 1 heterocycles. The Morgan fingerprint density at radius 3 is 2.66 bits per heavy atom. The van der Waals surface area contributed by atoms with Crippen molar-refractivity contribution in [2.75, 3.05) is 12.9 Å². The minimum Gasteiger partial charge on any atom is -0.497 e. The van der Waals surface area contributed by atoms with Crippen molar-refractivity contribution in [1.29, 1.82) is 0 Å². The third kappa shape index (κ3) is 5.27. The average molecular weight is 432 g/mol. The Labute approximate surface area is 176 Å². The Hall–Kier alpha value is -3.04. The summed E-state index contributed by atoms with van der Waals surface area (Å²) in [4.78, 5) is 22.4. The highest BCUT2D eigenvalue weighted by atomic mass is 35.5. The lowest BCUT2D eigenvalue weighted by molar-refractivity contribution is -0.119. The van der Waals surface area contributed by atoms with Crippen LogP contribution in [0.4, 0.5) is 4.79 Å². The number of ether oxygens (including phenoxy) is 1. The van der Waals surface area contributed by atoms with Gasteiger partial charge in [-0.3, -0.25) is 14.7 Å². The molecule has 3 amide bonds. The molecule has 0 spiro atoms. The topological polar surface area (TPSA) is 112 Å². The predicted molar refractivity (Wildman–Crippen MR) is 111 cm³/mol. The molecule has 0 radical (unpaired) electrons. The predicted octanol–water partition coefficient (Wildman–Crippen LogP) is 3.27. The van der Waals surface area contributed by atoms with Crippen LogP contribution >= 0.6 is 23.4 Å². The molecule has 0 fully saturated rings.